The minimum Gasteiger partial charge on any atom is -0.311 e. The number of piperidine rings is 1. The molecule has 0 aliphatic carbocycles. The highest BCUT2D eigenvalue weighted by Crippen LogP contribution is 2.40. The normalized spacial score (nSPS) is 20.1. The van der Waals surface area contributed by atoms with E-state index in [2.05, 4.69) is 41.3 Å². The number of nitriles is 1. The van der Waals surface area contributed by atoms with Crippen LogP contribution >= 0.6 is 0 Å². The van der Waals surface area contributed by atoms with Gasteiger partial charge in [0.05, 0.1) is 11.6 Å². The van der Waals surface area contributed by atoms with Gasteiger partial charge in [0.15, 0.2) is 0 Å². The number of aryl methyl sites for hydroxylation is 1. The maximum absolute atomic E-state index is 12.7. The number of hydrogen-bond acceptors (Lipinski definition) is 3. The van der Waals surface area contributed by atoms with Gasteiger partial charge in [-0.05, 0) is 49.4 Å². The average molecular weight is 410 g/mol. The molecular weight excluding hydrogens is 382 g/mol. The first kappa shape index (κ1) is 19.8. The van der Waals surface area contributed by atoms with Gasteiger partial charge in [-0.2, -0.15) is 5.26 Å². The smallest absolute Gasteiger partial charge is 0.250 e. The van der Waals surface area contributed by atoms with Gasteiger partial charge in [-0.3, -0.25) is 4.79 Å². The van der Waals surface area contributed by atoms with Crippen molar-refractivity contribution in [2.24, 2.45) is 5.92 Å². The predicted octanol–water partition coefficient (Wildman–Crippen LogP) is 4.44. The summed E-state index contributed by atoms with van der Waals surface area (Å²) in [7, 11) is 0. The van der Waals surface area contributed by atoms with Crippen LogP contribution in [0.5, 0.6) is 0 Å². The fourth-order valence-corrected chi connectivity index (χ4v) is 5.49. The minimum absolute atomic E-state index is 0.0837. The van der Waals surface area contributed by atoms with Crippen molar-refractivity contribution in [2.75, 3.05) is 19.6 Å². The molecule has 2 bridgehead atoms. The molecule has 2 aromatic carbocycles. The van der Waals surface area contributed by atoms with Gasteiger partial charge < -0.3 is 9.47 Å². The number of nitrogens with zero attached hydrogens (tertiary/aromatic N) is 3. The molecule has 1 aromatic heterocycles. The molecular formula is C27H27N3O. The molecule has 4 heteroatoms. The summed E-state index contributed by atoms with van der Waals surface area (Å²) in [5, 5.41) is 9.62. The third kappa shape index (κ3) is 3.94. The van der Waals surface area contributed by atoms with Crippen LogP contribution in [0, 0.1) is 17.2 Å². The summed E-state index contributed by atoms with van der Waals surface area (Å²) >= 11 is 0. The van der Waals surface area contributed by atoms with E-state index in [-0.39, 0.29) is 5.56 Å². The van der Waals surface area contributed by atoms with Crippen LogP contribution in [0.4, 0.5) is 0 Å². The second-order valence-corrected chi connectivity index (χ2v) is 8.89. The van der Waals surface area contributed by atoms with Gasteiger partial charge in [0.2, 0.25) is 0 Å². The zero-order valence-electron chi connectivity index (χ0n) is 17.7. The summed E-state index contributed by atoms with van der Waals surface area (Å²) in [6, 6.07) is 24.3. The summed E-state index contributed by atoms with van der Waals surface area (Å²) < 4.78 is 1.99. The maximum atomic E-state index is 12.7. The second-order valence-electron chi connectivity index (χ2n) is 8.89. The number of hydrogen-bond donors (Lipinski definition) is 0. The highest BCUT2D eigenvalue weighted by Gasteiger charge is 2.36. The molecule has 2 atom stereocenters. The number of fused-ring (bicyclic) bond motifs is 4. The van der Waals surface area contributed by atoms with E-state index in [0.717, 1.165) is 62.3 Å². The van der Waals surface area contributed by atoms with Crippen molar-refractivity contribution in [3.8, 4) is 17.2 Å². The van der Waals surface area contributed by atoms with E-state index in [1.54, 1.807) is 6.07 Å². The Kier molecular flexibility index (Phi) is 5.44. The molecule has 1 fully saturated rings. The highest BCUT2D eigenvalue weighted by atomic mass is 16.1. The maximum Gasteiger partial charge on any atom is 0.250 e. The number of pyridine rings is 1. The van der Waals surface area contributed by atoms with E-state index in [1.165, 1.54) is 5.56 Å². The monoisotopic (exact) mass is 409 g/mol. The fourth-order valence-electron chi connectivity index (χ4n) is 5.49. The van der Waals surface area contributed by atoms with Crippen LogP contribution in [0.25, 0.3) is 11.1 Å². The minimum atomic E-state index is 0.0837. The molecule has 0 N–H and O–H groups in total. The molecule has 3 aromatic rings. The number of aromatic nitrogens is 1. The molecule has 31 heavy (non-hydrogen) atoms. The zero-order chi connectivity index (χ0) is 21.2. The van der Waals surface area contributed by atoms with E-state index in [1.807, 2.05) is 34.9 Å². The van der Waals surface area contributed by atoms with Crippen molar-refractivity contribution in [3.63, 3.8) is 0 Å². The average Bonchev–Trinajstić information content (AvgIpc) is 2.80. The SMILES string of the molecule is N#Cc1ccccc1-c1ccc(=O)n2c1[C@@H]1C[C@@H](CN(CCCc3ccccc3)C1)C2. The molecule has 0 radical (unpaired) electrons. The van der Waals surface area contributed by atoms with Gasteiger partial charge in [0, 0.05) is 48.4 Å². The molecule has 1 saturated heterocycles. The van der Waals surface area contributed by atoms with Crippen molar-refractivity contribution in [3.05, 3.63) is 93.9 Å². The molecule has 0 amide bonds. The van der Waals surface area contributed by atoms with E-state index in [4.69, 9.17) is 0 Å². The van der Waals surface area contributed by atoms with Crippen LogP contribution in [0.3, 0.4) is 0 Å². The van der Waals surface area contributed by atoms with Gasteiger partial charge in [-0.25, -0.2) is 0 Å². The molecule has 5 rings (SSSR count). The van der Waals surface area contributed by atoms with Crippen LogP contribution in [0.15, 0.2) is 71.5 Å². The molecule has 3 heterocycles. The van der Waals surface area contributed by atoms with E-state index in [9.17, 15) is 10.1 Å². The summed E-state index contributed by atoms with van der Waals surface area (Å²) in [4.78, 5) is 15.3. The van der Waals surface area contributed by atoms with Crippen molar-refractivity contribution < 1.29 is 0 Å². The molecule has 0 unspecified atom stereocenters. The first-order valence-corrected chi connectivity index (χ1v) is 11.2. The van der Waals surface area contributed by atoms with Crippen LogP contribution < -0.4 is 5.56 Å². The molecule has 4 nitrogen and oxygen atoms in total. The molecule has 0 spiro atoms. The predicted molar refractivity (Wildman–Crippen MR) is 123 cm³/mol. The Morgan fingerprint density at radius 2 is 1.71 bits per heavy atom. The van der Waals surface area contributed by atoms with Crippen LogP contribution in [-0.2, 0) is 13.0 Å². The van der Waals surface area contributed by atoms with Crippen LogP contribution in [0.2, 0.25) is 0 Å². The van der Waals surface area contributed by atoms with Gasteiger partial charge in [-0.15, -0.1) is 0 Å². The number of likely N-dealkylation sites (tertiary alicyclic amines) is 1. The van der Waals surface area contributed by atoms with Crippen molar-refractivity contribution >= 4 is 0 Å². The third-order valence-electron chi connectivity index (χ3n) is 6.79. The van der Waals surface area contributed by atoms with E-state index >= 15 is 0 Å². The van der Waals surface area contributed by atoms with Crippen molar-refractivity contribution in [1.29, 1.82) is 5.26 Å². The Bertz CT molecular complexity index is 1180. The van der Waals surface area contributed by atoms with Crippen LogP contribution in [-0.4, -0.2) is 29.1 Å². The Hall–Kier alpha value is -3.16. The number of benzene rings is 2. The van der Waals surface area contributed by atoms with Gasteiger partial charge in [-0.1, -0.05) is 48.5 Å². The van der Waals surface area contributed by atoms with E-state index < -0.39 is 0 Å². The largest absolute Gasteiger partial charge is 0.311 e. The Morgan fingerprint density at radius 1 is 0.903 bits per heavy atom. The van der Waals surface area contributed by atoms with Crippen molar-refractivity contribution in [1.82, 2.24) is 9.47 Å². The quantitative estimate of drug-likeness (QED) is 0.626. The summed E-state index contributed by atoms with van der Waals surface area (Å²) in [5.41, 5.74) is 5.26. The lowest BCUT2D eigenvalue weighted by molar-refractivity contribution is 0.119. The van der Waals surface area contributed by atoms with E-state index in [0.29, 0.717) is 17.4 Å². The molecule has 2 aliphatic heterocycles. The first-order valence-electron chi connectivity index (χ1n) is 11.2. The Balaban J connectivity index is 1.41. The van der Waals surface area contributed by atoms with Gasteiger partial charge in [0.25, 0.3) is 5.56 Å². The van der Waals surface area contributed by atoms with Gasteiger partial charge >= 0.3 is 0 Å². The lowest BCUT2D eigenvalue weighted by Gasteiger charge is -2.43. The zero-order valence-corrected chi connectivity index (χ0v) is 17.7. The second kappa shape index (κ2) is 8.53. The number of rotatable bonds is 5. The molecule has 0 saturated carbocycles. The molecule has 2 aliphatic rings. The van der Waals surface area contributed by atoms with Crippen LogP contribution in [0.1, 0.15) is 35.6 Å². The highest BCUT2D eigenvalue weighted by molar-refractivity contribution is 5.73. The summed E-state index contributed by atoms with van der Waals surface area (Å²) in [5.74, 6) is 0.849. The van der Waals surface area contributed by atoms with Gasteiger partial charge in [0.1, 0.15) is 0 Å². The molecule has 156 valence electrons. The Labute approximate surface area is 183 Å². The fraction of sp³-hybridized carbons (Fsp3) is 0.333. The summed E-state index contributed by atoms with van der Waals surface area (Å²) in [6.45, 7) is 3.91. The first-order chi connectivity index (χ1) is 15.2. The topological polar surface area (TPSA) is 49.0 Å². The summed E-state index contributed by atoms with van der Waals surface area (Å²) in [6.07, 6.45) is 3.37. The van der Waals surface area contributed by atoms with Crippen molar-refractivity contribution in [2.45, 2.75) is 31.7 Å². The Morgan fingerprint density at radius 3 is 2.55 bits per heavy atom. The lowest BCUT2D eigenvalue weighted by atomic mass is 9.80. The third-order valence-corrected chi connectivity index (χ3v) is 6.79. The lowest BCUT2D eigenvalue weighted by Crippen LogP contribution is -2.47. The standard InChI is InChI=1S/C27H27N3O/c28-16-22-10-4-5-11-24(22)25-12-13-26(31)30-18-21-15-23(27(25)30)19-29(17-21)14-6-9-20-7-2-1-3-8-20/h1-5,7-8,10-13,21,23H,6,9,14-15,17-19H2/t21-,23+/m0/s1.